The van der Waals surface area contributed by atoms with Crippen LogP contribution in [0.4, 0.5) is 30.7 Å². The molecule has 2 aliphatic heterocycles. The van der Waals surface area contributed by atoms with E-state index in [0.717, 1.165) is 0 Å². The lowest BCUT2D eigenvalue weighted by Gasteiger charge is -2.42. The molecule has 4 nitrogen and oxygen atoms in total. The number of nitrogens with zero attached hydrogens (tertiary/aromatic N) is 1. The second kappa shape index (κ2) is 9.82. The van der Waals surface area contributed by atoms with Crippen LogP contribution in [-0.4, -0.2) is 35.0 Å². The number of piperidine rings is 1. The molecule has 2 N–H and O–H groups in total. The van der Waals surface area contributed by atoms with E-state index < -0.39 is 53.0 Å². The van der Waals surface area contributed by atoms with Gasteiger partial charge in [-0.15, -0.1) is 0 Å². The SMILES string of the molecule is C[C@@H](O[C@H]1CN2C(=O)CC(C(C)(C)N)C[C@H]2[C@@H]1c1ccc(F)cc1)c1cc(C(F)(F)F)cc(C(F)(F)F)c1. The molecule has 2 heterocycles. The lowest BCUT2D eigenvalue weighted by atomic mass is 9.75. The Bertz CT molecular complexity index is 1140. The number of nitrogens with two attached hydrogens (primary N) is 1. The topological polar surface area (TPSA) is 55.6 Å². The van der Waals surface area contributed by atoms with Gasteiger partial charge in [0.25, 0.3) is 0 Å². The zero-order chi connectivity index (χ0) is 28.2. The van der Waals surface area contributed by atoms with Crippen LogP contribution in [0.25, 0.3) is 0 Å². The van der Waals surface area contributed by atoms with E-state index in [1.54, 1.807) is 17.0 Å². The normalized spacial score (nSPS) is 25.4. The Kier molecular flexibility index (Phi) is 7.33. The average molecular weight is 547 g/mol. The second-order valence-electron chi connectivity index (χ2n) is 10.8. The standard InChI is InChI=1S/C27H29F7N2O2/c1-14(16-8-18(26(29,30)31)10-19(9-16)27(32,33)34)38-22-13-36-21(11-17(12-23(36)37)25(2,3)35)24(22)15-4-6-20(28)7-5-15/h4-10,14,17,21-22,24H,11-13,35H2,1-3H3/t14-,17?,21+,22+,24+/m1/s1. The third-order valence-electron chi connectivity index (χ3n) is 7.62. The zero-order valence-electron chi connectivity index (χ0n) is 21.0. The molecular formula is C27H29F7N2O2. The molecule has 1 unspecified atom stereocenters. The number of alkyl halides is 6. The van der Waals surface area contributed by atoms with E-state index in [0.29, 0.717) is 24.1 Å². The average Bonchev–Trinajstić information content (AvgIpc) is 3.16. The Morgan fingerprint density at radius 1 is 0.974 bits per heavy atom. The number of hydrogen-bond donors (Lipinski definition) is 1. The van der Waals surface area contributed by atoms with Gasteiger partial charge in [-0.05, 0) is 74.6 Å². The third-order valence-corrected chi connectivity index (χ3v) is 7.62. The number of amides is 1. The molecule has 5 atom stereocenters. The Hall–Kier alpha value is -2.66. The van der Waals surface area contributed by atoms with E-state index >= 15 is 0 Å². The van der Waals surface area contributed by atoms with Crippen LogP contribution in [0.3, 0.4) is 0 Å². The van der Waals surface area contributed by atoms with Gasteiger partial charge in [-0.2, -0.15) is 26.3 Å². The highest BCUT2D eigenvalue weighted by Gasteiger charge is 2.51. The van der Waals surface area contributed by atoms with E-state index in [4.69, 9.17) is 10.5 Å². The first kappa shape index (κ1) is 28.4. The van der Waals surface area contributed by atoms with E-state index in [1.165, 1.54) is 19.1 Å². The summed E-state index contributed by atoms with van der Waals surface area (Å²) in [5, 5.41) is 0. The summed E-state index contributed by atoms with van der Waals surface area (Å²) in [7, 11) is 0. The van der Waals surface area contributed by atoms with Crippen molar-refractivity contribution in [3.05, 3.63) is 70.5 Å². The summed E-state index contributed by atoms with van der Waals surface area (Å²) in [6.45, 7) is 5.12. The van der Waals surface area contributed by atoms with Crippen molar-refractivity contribution >= 4 is 5.91 Å². The van der Waals surface area contributed by atoms with Gasteiger partial charge in [-0.25, -0.2) is 4.39 Å². The van der Waals surface area contributed by atoms with Crippen LogP contribution in [0.15, 0.2) is 42.5 Å². The molecule has 11 heteroatoms. The van der Waals surface area contributed by atoms with E-state index in [-0.39, 0.29) is 42.5 Å². The Balaban J connectivity index is 1.70. The number of halogens is 7. The van der Waals surface area contributed by atoms with Crippen molar-refractivity contribution in [1.29, 1.82) is 0 Å². The van der Waals surface area contributed by atoms with Gasteiger partial charge in [0.2, 0.25) is 5.91 Å². The molecule has 2 aliphatic rings. The van der Waals surface area contributed by atoms with Crippen LogP contribution in [0, 0.1) is 11.7 Å². The van der Waals surface area contributed by atoms with Gasteiger partial charge < -0.3 is 15.4 Å². The minimum atomic E-state index is -4.99. The van der Waals surface area contributed by atoms with E-state index in [9.17, 15) is 35.5 Å². The summed E-state index contributed by atoms with van der Waals surface area (Å²) in [5.74, 6) is -1.28. The number of rotatable bonds is 5. The van der Waals surface area contributed by atoms with Crippen molar-refractivity contribution in [2.45, 2.75) is 75.7 Å². The molecule has 0 aromatic heterocycles. The maximum atomic E-state index is 13.7. The van der Waals surface area contributed by atoms with Gasteiger partial charge in [0.05, 0.1) is 23.3 Å². The van der Waals surface area contributed by atoms with E-state index in [2.05, 4.69) is 0 Å². The minimum absolute atomic E-state index is 0.0702. The van der Waals surface area contributed by atoms with Crippen molar-refractivity contribution in [2.75, 3.05) is 6.54 Å². The predicted octanol–water partition coefficient (Wildman–Crippen LogP) is 6.45. The van der Waals surface area contributed by atoms with Crippen molar-refractivity contribution in [2.24, 2.45) is 11.7 Å². The summed E-state index contributed by atoms with van der Waals surface area (Å²) in [6, 6.07) is 6.61. The minimum Gasteiger partial charge on any atom is -0.368 e. The maximum Gasteiger partial charge on any atom is 0.416 e. The molecule has 4 rings (SSSR count). The van der Waals surface area contributed by atoms with Gasteiger partial charge in [-0.1, -0.05) is 12.1 Å². The van der Waals surface area contributed by atoms with Crippen LogP contribution in [0.1, 0.15) is 67.9 Å². The molecule has 2 fully saturated rings. The smallest absolute Gasteiger partial charge is 0.368 e. The summed E-state index contributed by atoms with van der Waals surface area (Å²) >= 11 is 0. The van der Waals surface area contributed by atoms with Crippen molar-refractivity contribution in [3.63, 3.8) is 0 Å². The van der Waals surface area contributed by atoms with Crippen molar-refractivity contribution in [1.82, 2.24) is 4.90 Å². The monoisotopic (exact) mass is 546 g/mol. The third kappa shape index (κ3) is 5.83. The second-order valence-corrected chi connectivity index (χ2v) is 10.8. The first-order valence-corrected chi connectivity index (χ1v) is 12.2. The lowest BCUT2D eigenvalue weighted by molar-refractivity contribution is -0.143. The molecule has 0 aliphatic carbocycles. The molecule has 1 amide bonds. The molecule has 2 saturated heterocycles. The summed E-state index contributed by atoms with van der Waals surface area (Å²) < 4.78 is 100. The highest BCUT2D eigenvalue weighted by atomic mass is 19.4. The van der Waals surface area contributed by atoms with E-state index in [1.807, 2.05) is 13.8 Å². The Labute approximate surface area is 215 Å². The first-order valence-electron chi connectivity index (χ1n) is 12.2. The summed E-state index contributed by atoms with van der Waals surface area (Å²) in [5.41, 5.74) is 3.16. The number of benzene rings is 2. The highest BCUT2D eigenvalue weighted by Crippen LogP contribution is 2.46. The summed E-state index contributed by atoms with van der Waals surface area (Å²) in [6.07, 6.45) is -11.2. The first-order chi connectivity index (χ1) is 17.4. The van der Waals surface area contributed by atoms with Crippen LogP contribution < -0.4 is 5.73 Å². The molecular weight excluding hydrogens is 517 g/mol. The Morgan fingerprint density at radius 2 is 1.53 bits per heavy atom. The fourth-order valence-corrected chi connectivity index (χ4v) is 5.52. The molecule has 0 bridgehead atoms. The van der Waals surface area contributed by atoms with Gasteiger partial charge in [0.1, 0.15) is 5.82 Å². The van der Waals surface area contributed by atoms with Gasteiger partial charge in [-0.3, -0.25) is 4.79 Å². The zero-order valence-corrected chi connectivity index (χ0v) is 21.0. The maximum absolute atomic E-state index is 13.7. The van der Waals surface area contributed by atoms with Gasteiger partial charge in [0, 0.05) is 30.5 Å². The fraction of sp³-hybridized carbons (Fsp3) is 0.519. The number of fused-ring (bicyclic) bond motifs is 1. The van der Waals surface area contributed by atoms with Gasteiger partial charge >= 0.3 is 12.4 Å². The van der Waals surface area contributed by atoms with Crippen LogP contribution >= 0.6 is 0 Å². The fourth-order valence-electron chi connectivity index (χ4n) is 5.52. The molecule has 2 aromatic carbocycles. The lowest BCUT2D eigenvalue weighted by Crippen LogP contribution is -2.52. The molecule has 208 valence electrons. The highest BCUT2D eigenvalue weighted by molar-refractivity contribution is 5.78. The molecule has 2 aromatic rings. The number of hydrogen-bond acceptors (Lipinski definition) is 3. The summed E-state index contributed by atoms with van der Waals surface area (Å²) in [4.78, 5) is 14.7. The molecule has 0 spiro atoms. The Morgan fingerprint density at radius 3 is 2.03 bits per heavy atom. The number of carbonyl (C=O) groups excluding carboxylic acids is 1. The van der Waals surface area contributed by atoms with Crippen LogP contribution in [0.2, 0.25) is 0 Å². The predicted molar refractivity (Wildman–Crippen MR) is 125 cm³/mol. The molecule has 0 saturated carbocycles. The van der Waals surface area contributed by atoms with Crippen LogP contribution in [-0.2, 0) is 21.9 Å². The van der Waals surface area contributed by atoms with Crippen LogP contribution in [0.5, 0.6) is 0 Å². The molecule has 0 radical (unpaired) electrons. The molecule has 38 heavy (non-hydrogen) atoms. The number of carbonyl (C=O) groups is 1. The largest absolute Gasteiger partial charge is 0.416 e. The van der Waals surface area contributed by atoms with Gasteiger partial charge in [0.15, 0.2) is 0 Å². The van der Waals surface area contributed by atoms with Crippen molar-refractivity contribution in [3.8, 4) is 0 Å². The quantitative estimate of drug-likeness (QED) is 0.439. The number of ether oxygens (including phenoxy) is 1. The van der Waals surface area contributed by atoms with Crippen molar-refractivity contribution < 1.29 is 40.3 Å².